The number of amides is 3. The van der Waals surface area contributed by atoms with E-state index in [9.17, 15) is 14.4 Å². The Kier molecular flexibility index (Phi) is 4.06. The Morgan fingerprint density at radius 2 is 1.95 bits per heavy atom. The maximum atomic E-state index is 11.9. The lowest BCUT2D eigenvalue weighted by atomic mass is 10.0. The van der Waals surface area contributed by atoms with Crippen molar-refractivity contribution in [2.24, 2.45) is 5.92 Å². The van der Waals surface area contributed by atoms with E-state index in [0.717, 1.165) is 5.69 Å². The third-order valence-corrected chi connectivity index (χ3v) is 3.86. The number of anilines is 2. The molecule has 1 aromatic rings. The molecular weight excluding hydrogens is 284 g/mol. The van der Waals surface area contributed by atoms with E-state index in [-0.39, 0.29) is 23.6 Å². The van der Waals surface area contributed by atoms with E-state index in [0.29, 0.717) is 31.6 Å². The van der Waals surface area contributed by atoms with E-state index >= 15 is 0 Å². The Balaban J connectivity index is 1.62. The van der Waals surface area contributed by atoms with Gasteiger partial charge in [0.15, 0.2) is 0 Å². The number of nitrogens with one attached hydrogen (secondary N) is 4. The molecule has 3 amide bonds. The third-order valence-electron chi connectivity index (χ3n) is 3.86. The van der Waals surface area contributed by atoms with Gasteiger partial charge in [0.1, 0.15) is 6.04 Å². The number of benzene rings is 1. The Labute approximate surface area is 127 Å². The molecule has 116 valence electrons. The fraction of sp³-hybridized carbons (Fsp3) is 0.400. The summed E-state index contributed by atoms with van der Waals surface area (Å²) >= 11 is 0. The van der Waals surface area contributed by atoms with Crippen LogP contribution in [-0.2, 0) is 14.4 Å². The molecule has 0 aromatic heterocycles. The zero-order valence-electron chi connectivity index (χ0n) is 12.0. The number of imide groups is 1. The predicted molar refractivity (Wildman–Crippen MR) is 81.2 cm³/mol. The standard InChI is InChI=1S/C15H18N4O3/c20-13-5-4-12(15(22)19-13)17-10-2-1-3-11(6-10)18-14(21)9-7-16-8-9/h1-3,6,9,12,16-17H,4-5,7-8H2,(H,18,21)(H,19,20,22). The lowest BCUT2D eigenvalue weighted by molar-refractivity contribution is -0.133. The highest BCUT2D eigenvalue weighted by Crippen LogP contribution is 2.19. The molecule has 7 heteroatoms. The normalized spacial score (nSPS) is 21.7. The molecule has 2 aliphatic heterocycles. The zero-order valence-corrected chi connectivity index (χ0v) is 12.0. The summed E-state index contributed by atoms with van der Waals surface area (Å²) in [7, 11) is 0. The summed E-state index contributed by atoms with van der Waals surface area (Å²) < 4.78 is 0. The fourth-order valence-electron chi connectivity index (χ4n) is 2.44. The molecule has 3 rings (SSSR count). The van der Waals surface area contributed by atoms with Gasteiger partial charge in [-0.2, -0.15) is 0 Å². The molecule has 0 saturated carbocycles. The van der Waals surface area contributed by atoms with Crippen LogP contribution in [0.15, 0.2) is 24.3 Å². The molecule has 0 aliphatic carbocycles. The highest BCUT2D eigenvalue weighted by atomic mass is 16.2. The molecule has 1 unspecified atom stereocenters. The molecule has 0 radical (unpaired) electrons. The number of piperidine rings is 1. The Morgan fingerprint density at radius 3 is 2.64 bits per heavy atom. The van der Waals surface area contributed by atoms with Crippen molar-refractivity contribution in [1.82, 2.24) is 10.6 Å². The lowest BCUT2D eigenvalue weighted by Gasteiger charge is -2.26. The van der Waals surface area contributed by atoms with Crippen LogP contribution in [0.2, 0.25) is 0 Å². The molecule has 1 atom stereocenters. The van der Waals surface area contributed by atoms with Crippen molar-refractivity contribution >= 4 is 29.1 Å². The second-order valence-corrected chi connectivity index (χ2v) is 5.57. The minimum atomic E-state index is -0.431. The summed E-state index contributed by atoms with van der Waals surface area (Å²) in [5.41, 5.74) is 1.42. The first-order valence-electron chi connectivity index (χ1n) is 7.34. The lowest BCUT2D eigenvalue weighted by Crippen LogP contribution is -2.48. The number of hydrogen-bond acceptors (Lipinski definition) is 5. The summed E-state index contributed by atoms with van der Waals surface area (Å²) in [4.78, 5) is 34.8. The average Bonchev–Trinajstić information content (AvgIpc) is 2.40. The van der Waals surface area contributed by atoms with Crippen LogP contribution >= 0.6 is 0 Å². The van der Waals surface area contributed by atoms with Crippen molar-refractivity contribution < 1.29 is 14.4 Å². The Morgan fingerprint density at radius 1 is 1.18 bits per heavy atom. The molecule has 0 bridgehead atoms. The monoisotopic (exact) mass is 302 g/mol. The van der Waals surface area contributed by atoms with Crippen LogP contribution in [0.3, 0.4) is 0 Å². The number of carbonyl (C=O) groups excluding carboxylic acids is 3. The first-order valence-corrected chi connectivity index (χ1v) is 7.34. The van der Waals surface area contributed by atoms with E-state index in [1.54, 1.807) is 12.1 Å². The number of hydrogen-bond donors (Lipinski definition) is 4. The van der Waals surface area contributed by atoms with Gasteiger partial charge in [-0.3, -0.25) is 19.7 Å². The maximum Gasteiger partial charge on any atom is 0.249 e. The quantitative estimate of drug-likeness (QED) is 0.590. The van der Waals surface area contributed by atoms with E-state index in [1.807, 2.05) is 12.1 Å². The van der Waals surface area contributed by atoms with Crippen LogP contribution in [0.25, 0.3) is 0 Å². The molecular formula is C15H18N4O3. The van der Waals surface area contributed by atoms with Crippen molar-refractivity contribution in [3.8, 4) is 0 Å². The van der Waals surface area contributed by atoms with Crippen LogP contribution in [-0.4, -0.2) is 36.9 Å². The minimum absolute atomic E-state index is 0.00286. The summed E-state index contributed by atoms with van der Waals surface area (Å²) in [5.74, 6) is -0.534. The van der Waals surface area contributed by atoms with Crippen LogP contribution in [0.4, 0.5) is 11.4 Å². The van der Waals surface area contributed by atoms with Gasteiger partial charge >= 0.3 is 0 Å². The van der Waals surface area contributed by atoms with E-state index in [4.69, 9.17) is 0 Å². The SMILES string of the molecule is O=C1CCC(Nc2cccc(NC(=O)C3CNC3)c2)C(=O)N1. The molecule has 2 fully saturated rings. The van der Waals surface area contributed by atoms with E-state index in [1.165, 1.54) is 0 Å². The molecule has 1 aromatic carbocycles. The van der Waals surface area contributed by atoms with Crippen LogP contribution in [0.5, 0.6) is 0 Å². The molecule has 22 heavy (non-hydrogen) atoms. The topological polar surface area (TPSA) is 99.3 Å². The summed E-state index contributed by atoms with van der Waals surface area (Å²) in [5, 5.41) is 11.3. The number of rotatable bonds is 4. The fourth-order valence-corrected chi connectivity index (χ4v) is 2.44. The predicted octanol–water partition coefficient (Wildman–Crippen LogP) is 0.0616. The Bertz CT molecular complexity index is 613. The summed E-state index contributed by atoms with van der Waals surface area (Å²) in [6.07, 6.45) is 0.795. The van der Waals surface area contributed by atoms with Crippen LogP contribution < -0.4 is 21.3 Å². The van der Waals surface area contributed by atoms with E-state index in [2.05, 4.69) is 21.3 Å². The van der Waals surface area contributed by atoms with Crippen molar-refractivity contribution in [2.45, 2.75) is 18.9 Å². The van der Waals surface area contributed by atoms with Gasteiger partial charge in [0.05, 0.1) is 5.92 Å². The highest BCUT2D eigenvalue weighted by molar-refractivity contribution is 6.01. The first-order chi connectivity index (χ1) is 10.6. The van der Waals surface area contributed by atoms with E-state index < -0.39 is 6.04 Å². The van der Waals surface area contributed by atoms with Crippen LogP contribution in [0.1, 0.15) is 12.8 Å². The second kappa shape index (κ2) is 6.15. The van der Waals surface area contributed by atoms with Crippen molar-refractivity contribution in [1.29, 1.82) is 0 Å². The third kappa shape index (κ3) is 3.25. The molecule has 7 nitrogen and oxygen atoms in total. The zero-order chi connectivity index (χ0) is 15.5. The average molecular weight is 302 g/mol. The second-order valence-electron chi connectivity index (χ2n) is 5.57. The van der Waals surface area contributed by atoms with Gasteiger partial charge in [-0.05, 0) is 24.6 Å². The Hall–Kier alpha value is -2.41. The number of carbonyl (C=O) groups is 3. The largest absolute Gasteiger partial charge is 0.374 e. The van der Waals surface area contributed by atoms with Crippen molar-refractivity contribution in [2.75, 3.05) is 23.7 Å². The molecule has 2 saturated heterocycles. The van der Waals surface area contributed by atoms with Gasteiger partial charge in [0, 0.05) is 30.9 Å². The molecule has 2 heterocycles. The van der Waals surface area contributed by atoms with Gasteiger partial charge in [-0.1, -0.05) is 6.07 Å². The minimum Gasteiger partial charge on any atom is -0.374 e. The molecule has 4 N–H and O–H groups in total. The molecule has 0 spiro atoms. The molecule has 2 aliphatic rings. The smallest absolute Gasteiger partial charge is 0.249 e. The van der Waals surface area contributed by atoms with Crippen molar-refractivity contribution in [3.63, 3.8) is 0 Å². The van der Waals surface area contributed by atoms with Gasteiger partial charge < -0.3 is 16.0 Å². The van der Waals surface area contributed by atoms with Gasteiger partial charge in [-0.25, -0.2) is 0 Å². The van der Waals surface area contributed by atoms with Gasteiger partial charge in [0.25, 0.3) is 0 Å². The first kappa shape index (κ1) is 14.5. The summed E-state index contributed by atoms with van der Waals surface area (Å²) in [6, 6.07) is 6.79. The highest BCUT2D eigenvalue weighted by Gasteiger charge is 2.27. The van der Waals surface area contributed by atoms with Crippen molar-refractivity contribution in [3.05, 3.63) is 24.3 Å². The summed E-state index contributed by atoms with van der Waals surface area (Å²) in [6.45, 7) is 1.42. The van der Waals surface area contributed by atoms with Gasteiger partial charge in [-0.15, -0.1) is 0 Å². The van der Waals surface area contributed by atoms with Gasteiger partial charge in [0.2, 0.25) is 17.7 Å². The van der Waals surface area contributed by atoms with Crippen LogP contribution in [0, 0.1) is 5.92 Å². The maximum absolute atomic E-state index is 11.9.